The van der Waals surface area contributed by atoms with Crippen molar-refractivity contribution < 1.29 is 26.8 Å². The average Bonchev–Trinajstić information content (AvgIpc) is 2.51. The highest BCUT2D eigenvalue weighted by molar-refractivity contribution is 5.79. The summed E-state index contributed by atoms with van der Waals surface area (Å²) >= 11 is 0. The van der Waals surface area contributed by atoms with E-state index in [1.165, 1.54) is 36.4 Å². The Bertz CT molecular complexity index is 648. The van der Waals surface area contributed by atoms with Crippen LogP contribution in [0.4, 0.5) is 22.0 Å². The summed E-state index contributed by atoms with van der Waals surface area (Å²) in [4.78, 5) is 4.91. The maximum atomic E-state index is 12.4. The zero-order valence-electron chi connectivity index (χ0n) is 11.6. The maximum absolute atomic E-state index is 12.4. The van der Waals surface area contributed by atoms with Crippen LogP contribution in [0.25, 0.3) is 0 Å². The molecule has 0 aliphatic heterocycles. The molecule has 0 saturated heterocycles. The second kappa shape index (κ2) is 7.21. The van der Waals surface area contributed by atoms with Crippen molar-refractivity contribution in [2.24, 2.45) is 5.16 Å². The van der Waals surface area contributed by atoms with Gasteiger partial charge >= 0.3 is 6.18 Å². The van der Waals surface area contributed by atoms with E-state index in [2.05, 4.69) is 11.4 Å². The monoisotopic (exact) mass is 328 g/mol. The third-order valence-electron chi connectivity index (χ3n) is 2.91. The molecule has 0 saturated carbocycles. The number of alkyl halides is 5. The molecule has 0 spiro atoms. The van der Waals surface area contributed by atoms with Crippen molar-refractivity contribution in [1.29, 1.82) is 0 Å². The van der Waals surface area contributed by atoms with E-state index in [4.69, 9.17) is 4.84 Å². The molecular formula is C16H11F5NO. The van der Waals surface area contributed by atoms with Gasteiger partial charge in [-0.1, -0.05) is 41.6 Å². The quantitative estimate of drug-likeness (QED) is 0.426. The van der Waals surface area contributed by atoms with E-state index in [0.29, 0.717) is 11.1 Å². The summed E-state index contributed by atoms with van der Waals surface area (Å²) in [6.07, 6.45) is -4.43. The lowest BCUT2D eigenvalue weighted by Gasteiger charge is -2.06. The van der Waals surface area contributed by atoms with Crippen LogP contribution in [0.2, 0.25) is 0 Å². The van der Waals surface area contributed by atoms with Crippen molar-refractivity contribution >= 4 is 6.21 Å². The third-order valence-corrected chi connectivity index (χ3v) is 2.91. The van der Waals surface area contributed by atoms with Gasteiger partial charge in [0.2, 0.25) is 0 Å². The van der Waals surface area contributed by atoms with Crippen LogP contribution >= 0.6 is 0 Å². The van der Waals surface area contributed by atoms with Crippen LogP contribution in [0.15, 0.2) is 53.7 Å². The number of rotatable bonds is 5. The average molecular weight is 328 g/mol. The van der Waals surface area contributed by atoms with Crippen LogP contribution in [-0.2, 0) is 17.6 Å². The highest BCUT2D eigenvalue weighted by Crippen LogP contribution is 2.29. The van der Waals surface area contributed by atoms with Gasteiger partial charge in [-0.25, -0.2) is 8.78 Å². The first-order valence-electron chi connectivity index (χ1n) is 6.48. The number of halogens is 5. The van der Waals surface area contributed by atoms with Crippen molar-refractivity contribution in [3.8, 4) is 0 Å². The van der Waals surface area contributed by atoms with Gasteiger partial charge < -0.3 is 4.84 Å². The minimum atomic E-state index is -4.38. The lowest BCUT2D eigenvalue weighted by molar-refractivity contribution is -0.137. The fourth-order valence-corrected chi connectivity index (χ4v) is 1.68. The number of hydrogen-bond donors (Lipinski definition) is 0. The zero-order valence-corrected chi connectivity index (χ0v) is 11.6. The van der Waals surface area contributed by atoms with Gasteiger partial charge in [0.15, 0.2) is 0 Å². The third kappa shape index (κ3) is 5.05. The Balaban J connectivity index is 1.86. The standard InChI is InChI=1S/C16H11F5NO/c17-15(18)13-5-1-11(2-6-13)9-22-23-10-12-3-7-14(8-4-12)16(19,20)21/h1-8,15H,10H2. The summed E-state index contributed by atoms with van der Waals surface area (Å²) in [5, 5.41) is 3.52. The largest absolute Gasteiger partial charge is 0.416 e. The van der Waals surface area contributed by atoms with E-state index in [1.807, 2.05) is 0 Å². The Morgan fingerprint density at radius 1 is 0.957 bits per heavy atom. The van der Waals surface area contributed by atoms with Crippen molar-refractivity contribution in [3.63, 3.8) is 0 Å². The zero-order chi connectivity index (χ0) is 16.9. The predicted molar refractivity (Wildman–Crippen MR) is 74.2 cm³/mol. The molecule has 2 aromatic carbocycles. The molecule has 0 aliphatic rings. The van der Waals surface area contributed by atoms with Crippen LogP contribution in [0, 0.1) is 0 Å². The van der Waals surface area contributed by atoms with Crippen LogP contribution in [0.1, 0.15) is 28.7 Å². The van der Waals surface area contributed by atoms with Gasteiger partial charge in [0.05, 0.1) is 5.56 Å². The highest BCUT2D eigenvalue weighted by Gasteiger charge is 2.29. The van der Waals surface area contributed by atoms with Crippen molar-refractivity contribution in [2.75, 3.05) is 0 Å². The molecule has 23 heavy (non-hydrogen) atoms. The molecule has 121 valence electrons. The Morgan fingerprint density at radius 2 is 1.57 bits per heavy atom. The molecule has 0 atom stereocenters. The lowest BCUT2D eigenvalue weighted by atomic mass is 10.1. The fourth-order valence-electron chi connectivity index (χ4n) is 1.68. The first-order valence-corrected chi connectivity index (χ1v) is 6.48. The Kier molecular flexibility index (Phi) is 5.31. The number of nitrogens with zero attached hydrogens (tertiary/aromatic N) is 1. The normalized spacial score (nSPS) is 12.1. The maximum Gasteiger partial charge on any atom is 0.416 e. The molecular weight excluding hydrogens is 317 g/mol. The highest BCUT2D eigenvalue weighted by atomic mass is 19.4. The van der Waals surface area contributed by atoms with Gasteiger partial charge in [0.25, 0.3) is 6.43 Å². The Morgan fingerprint density at radius 3 is 2.09 bits per heavy atom. The van der Waals surface area contributed by atoms with Gasteiger partial charge in [-0.3, -0.25) is 0 Å². The second-order valence-electron chi connectivity index (χ2n) is 4.59. The van der Waals surface area contributed by atoms with Gasteiger partial charge in [0, 0.05) is 11.1 Å². The van der Waals surface area contributed by atoms with Crippen LogP contribution in [0.3, 0.4) is 0 Å². The molecule has 7 heteroatoms. The van der Waals surface area contributed by atoms with Crippen LogP contribution in [0.5, 0.6) is 0 Å². The predicted octanol–water partition coefficient (Wildman–Crippen LogP) is 5.07. The van der Waals surface area contributed by atoms with Gasteiger partial charge in [-0.05, 0) is 17.7 Å². The molecule has 2 aromatic rings. The van der Waals surface area contributed by atoms with Gasteiger partial charge in [0.1, 0.15) is 12.8 Å². The van der Waals surface area contributed by atoms with Crippen molar-refractivity contribution in [1.82, 2.24) is 0 Å². The lowest BCUT2D eigenvalue weighted by Crippen LogP contribution is -2.04. The number of hydrogen-bond acceptors (Lipinski definition) is 2. The smallest absolute Gasteiger partial charge is 0.390 e. The van der Waals surface area contributed by atoms with Crippen molar-refractivity contribution in [3.05, 3.63) is 70.8 Å². The Labute approximate surface area is 129 Å². The van der Waals surface area contributed by atoms with Crippen LogP contribution in [-0.4, -0.2) is 6.21 Å². The molecule has 0 aliphatic carbocycles. The minimum absolute atomic E-state index is 0.0275. The summed E-state index contributed by atoms with van der Waals surface area (Å²) in [6, 6.07) is 9.80. The molecule has 2 rings (SSSR count). The van der Waals surface area contributed by atoms with Crippen molar-refractivity contribution in [2.45, 2.75) is 19.2 Å². The number of benzene rings is 2. The summed E-state index contributed by atoms with van der Waals surface area (Å²) in [6.45, 7) is -0.0275. The molecule has 1 radical (unpaired) electrons. The second-order valence-corrected chi connectivity index (χ2v) is 4.59. The molecule has 0 unspecified atom stereocenters. The fraction of sp³-hybridized carbons (Fsp3) is 0.188. The van der Waals surface area contributed by atoms with E-state index in [0.717, 1.165) is 12.1 Å². The topological polar surface area (TPSA) is 21.6 Å². The van der Waals surface area contributed by atoms with E-state index in [-0.39, 0.29) is 12.2 Å². The molecule has 0 bridgehead atoms. The summed E-state index contributed by atoms with van der Waals surface area (Å²) in [5.41, 5.74) is 0.107. The van der Waals surface area contributed by atoms with E-state index in [1.54, 1.807) is 0 Å². The van der Waals surface area contributed by atoms with E-state index < -0.39 is 18.2 Å². The SMILES string of the molecule is FC(F)c1ccc(/[C]=N\OCc2ccc(C(F)(F)F)cc2)cc1. The molecule has 2 nitrogen and oxygen atoms in total. The van der Waals surface area contributed by atoms with Crippen LogP contribution < -0.4 is 0 Å². The Hall–Kier alpha value is -2.44. The molecule has 0 amide bonds. The molecule has 0 aromatic heterocycles. The molecule has 0 fully saturated rings. The summed E-state index contributed by atoms with van der Waals surface area (Å²) in [7, 11) is 0. The minimum Gasteiger partial charge on any atom is -0.390 e. The van der Waals surface area contributed by atoms with Gasteiger partial charge in [-0.2, -0.15) is 13.2 Å². The van der Waals surface area contributed by atoms with Gasteiger partial charge in [-0.15, -0.1) is 0 Å². The summed E-state index contributed by atoms with van der Waals surface area (Å²) in [5.74, 6) is 0. The van der Waals surface area contributed by atoms with E-state index in [9.17, 15) is 22.0 Å². The summed E-state index contributed by atoms with van der Waals surface area (Å²) < 4.78 is 61.9. The first-order chi connectivity index (χ1) is 10.9. The molecule has 0 heterocycles. The van der Waals surface area contributed by atoms with E-state index >= 15 is 0 Å². The molecule has 0 N–H and O–H groups in total. The first kappa shape index (κ1) is 16.9.